The van der Waals surface area contributed by atoms with E-state index in [1.807, 2.05) is 6.07 Å². The lowest BCUT2D eigenvalue weighted by Crippen LogP contribution is -2.18. The number of hydrogen-bond donors (Lipinski definition) is 1. The summed E-state index contributed by atoms with van der Waals surface area (Å²) in [5, 5.41) is 9.22. The van der Waals surface area contributed by atoms with Crippen LogP contribution >= 0.6 is 0 Å². The number of rotatable bonds is 7. The highest BCUT2D eigenvalue weighted by molar-refractivity contribution is 5.91. The number of carboxylic acid groups (broad SMARTS) is 1. The van der Waals surface area contributed by atoms with Gasteiger partial charge in [-0.1, -0.05) is 46.1 Å². The van der Waals surface area contributed by atoms with Gasteiger partial charge < -0.3 is 9.84 Å². The van der Waals surface area contributed by atoms with Crippen molar-refractivity contribution in [2.45, 2.75) is 51.9 Å². The van der Waals surface area contributed by atoms with Crippen molar-refractivity contribution in [1.29, 1.82) is 0 Å². The van der Waals surface area contributed by atoms with Crippen LogP contribution in [0.5, 0.6) is 5.75 Å². The molecule has 0 aromatic heterocycles. The van der Waals surface area contributed by atoms with E-state index in [1.165, 1.54) is 20.0 Å². The van der Waals surface area contributed by atoms with E-state index < -0.39 is 5.97 Å². The van der Waals surface area contributed by atoms with Gasteiger partial charge in [-0.25, -0.2) is 4.79 Å². The Kier molecular flexibility index (Phi) is 5.40. The number of hydrogen-bond acceptors (Lipinski definition) is 2. The molecule has 3 heteroatoms. The molecule has 0 radical (unpaired) electrons. The third kappa shape index (κ3) is 3.98. The van der Waals surface area contributed by atoms with Crippen LogP contribution in [0.25, 0.3) is 0 Å². The highest BCUT2D eigenvalue weighted by atomic mass is 16.5. The van der Waals surface area contributed by atoms with Crippen molar-refractivity contribution in [3.05, 3.63) is 29.3 Å². The van der Waals surface area contributed by atoms with Crippen LogP contribution in [0.15, 0.2) is 18.2 Å². The molecule has 0 aliphatic carbocycles. The molecule has 1 aromatic rings. The van der Waals surface area contributed by atoms with Crippen molar-refractivity contribution in [3.8, 4) is 5.75 Å². The second-order valence-corrected chi connectivity index (χ2v) is 5.56. The van der Waals surface area contributed by atoms with Gasteiger partial charge in [0.2, 0.25) is 0 Å². The minimum absolute atomic E-state index is 0.00829. The average molecular weight is 264 g/mol. The molecule has 0 saturated heterocycles. The highest BCUT2D eigenvalue weighted by Gasteiger charge is 2.22. The normalized spacial score (nSPS) is 11.4. The number of carbonyl (C=O) groups is 1. The van der Waals surface area contributed by atoms with Gasteiger partial charge in [0.25, 0.3) is 0 Å². The number of ether oxygens (including phenoxy) is 1. The van der Waals surface area contributed by atoms with Crippen molar-refractivity contribution in [2.24, 2.45) is 0 Å². The molecule has 0 heterocycles. The number of benzene rings is 1. The fourth-order valence-electron chi connectivity index (χ4n) is 2.26. The molecule has 0 amide bonds. The second kappa shape index (κ2) is 6.60. The van der Waals surface area contributed by atoms with E-state index in [9.17, 15) is 9.90 Å². The first-order valence-electron chi connectivity index (χ1n) is 6.84. The maximum absolute atomic E-state index is 11.2. The Morgan fingerprint density at radius 1 is 1.32 bits per heavy atom. The van der Waals surface area contributed by atoms with E-state index >= 15 is 0 Å². The number of carboxylic acids is 1. The number of methoxy groups -OCH3 is 1. The van der Waals surface area contributed by atoms with Crippen LogP contribution in [0.2, 0.25) is 0 Å². The molecular formula is C16H24O3. The molecule has 0 bridgehead atoms. The Balaban J connectivity index is 3.00. The Morgan fingerprint density at radius 3 is 2.53 bits per heavy atom. The van der Waals surface area contributed by atoms with Crippen molar-refractivity contribution < 1.29 is 14.6 Å². The molecular weight excluding hydrogens is 240 g/mol. The molecule has 106 valence electrons. The Hall–Kier alpha value is -1.51. The van der Waals surface area contributed by atoms with E-state index in [1.54, 1.807) is 12.1 Å². The fourth-order valence-corrected chi connectivity index (χ4v) is 2.26. The first-order valence-corrected chi connectivity index (χ1v) is 6.84. The minimum atomic E-state index is -0.942. The lowest BCUT2D eigenvalue weighted by Gasteiger charge is -2.26. The molecule has 1 rings (SSSR count). The van der Waals surface area contributed by atoms with Crippen molar-refractivity contribution in [2.75, 3.05) is 7.11 Å². The van der Waals surface area contributed by atoms with Gasteiger partial charge >= 0.3 is 5.97 Å². The van der Waals surface area contributed by atoms with Crippen LogP contribution in [0.3, 0.4) is 0 Å². The predicted molar refractivity (Wildman–Crippen MR) is 77.1 cm³/mol. The maximum atomic E-state index is 11.2. The van der Waals surface area contributed by atoms with Crippen LogP contribution in [-0.4, -0.2) is 18.2 Å². The summed E-state index contributed by atoms with van der Waals surface area (Å²) in [5.41, 5.74) is 1.29. The molecule has 1 N–H and O–H groups in total. The molecule has 3 nitrogen and oxygen atoms in total. The van der Waals surface area contributed by atoms with Gasteiger partial charge in [0, 0.05) is 0 Å². The minimum Gasteiger partial charge on any atom is -0.496 e. The topological polar surface area (TPSA) is 46.5 Å². The van der Waals surface area contributed by atoms with E-state index in [0.717, 1.165) is 18.4 Å². The van der Waals surface area contributed by atoms with Gasteiger partial charge in [-0.05, 0) is 29.5 Å². The van der Waals surface area contributed by atoms with Gasteiger partial charge in [0.05, 0.1) is 7.11 Å². The van der Waals surface area contributed by atoms with Gasteiger partial charge in [-0.15, -0.1) is 0 Å². The third-order valence-corrected chi connectivity index (χ3v) is 3.62. The maximum Gasteiger partial charge on any atom is 0.339 e. The standard InChI is InChI=1S/C16H24O3/c1-5-6-7-10-16(2,3)12-8-9-14(19-4)13(11-12)15(17)18/h8-9,11H,5-7,10H2,1-4H3,(H,17,18). The lowest BCUT2D eigenvalue weighted by molar-refractivity contribution is 0.0693. The Morgan fingerprint density at radius 2 is 2.00 bits per heavy atom. The molecule has 0 spiro atoms. The van der Waals surface area contributed by atoms with Crippen LogP contribution in [0.4, 0.5) is 0 Å². The first-order chi connectivity index (χ1) is 8.92. The van der Waals surface area contributed by atoms with E-state index in [4.69, 9.17) is 4.74 Å². The summed E-state index contributed by atoms with van der Waals surface area (Å²) in [6, 6.07) is 5.46. The molecule has 0 fully saturated rings. The fraction of sp³-hybridized carbons (Fsp3) is 0.562. The predicted octanol–water partition coefficient (Wildman–Crippen LogP) is 4.25. The first kappa shape index (κ1) is 15.5. The van der Waals surface area contributed by atoms with E-state index in [0.29, 0.717) is 5.75 Å². The highest BCUT2D eigenvalue weighted by Crippen LogP contribution is 2.32. The Labute approximate surface area is 115 Å². The number of aromatic carboxylic acids is 1. The SMILES string of the molecule is CCCCCC(C)(C)c1ccc(OC)c(C(=O)O)c1. The van der Waals surface area contributed by atoms with Crippen LogP contribution in [-0.2, 0) is 5.41 Å². The number of unbranched alkanes of at least 4 members (excludes halogenated alkanes) is 2. The molecule has 19 heavy (non-hydrogen) atoms. The molecule has 1 aromatic carbocycles. The van der Waals surface area contributed by atoms with Gasteiger partial charge in [-0.2, -0.15) is 0 Å². The van der Waals surface area contributed by atoms with E-state index in [2.05, 4.69) is 20.8 Å². The summed E-state index contributed by atoms with van der Waals surface area (Å²) in [6.07, 6.45) is 4.63. The molecule has 0 atom stereocenters. The Bertz CT molecular complexity index is 436. The summed E-state index contributed by atoms with van der Waals surface area (Å²) in [5.74, 6) is -0.524. The van der Waals surface area contributed by atoms with Crippen molar-refractivity contribution >= 4 is 5.97 Å². The van der Waals surface area contributed by atoms with Gasteiger partial charge in [-0.3, -0.25) is 0 Å². The third-order valence-electron chi connectivity index (χ3n) is 3.62. The zero-order chi connectivity index (χ0) is 14.5. The molecule has 0 unspecified atom stereocenters. The van der Waals surface area contributed by atoms with Crippen LogP contribution < -0.4 is 4.74 Å². The summed E-state index contributed by atoms with van der Waals surface area (Å²) >= 11 is 0. The molecule has 0 aliphatic heterocycles. The lowest BCUT2D eigenvalue weighted by atomic mass is 9.79. The average Bonchev–Trinajstić information content (AvgIpc) is 2.38. The monoisotopic (exact) mass is 264 g/mol. The zero-order valence-electron chi connectivity index (χ0n) is 12.3. The summed E-state index contributed by atoms with van der Waals surface area (Å²) in [7, 11) is 1.49. The summed E-state index contributed by atoms with van der Waals surface area (Å²) < 4.78 is 5.09. The molecule has 0 saturated carbocycles. The largest absolute Gasteiger partial charge is 0.496 e. The van der Waals surface area contributed by atoms with Crippen LogP contribution in [0, 0.1) is 0 Å². The quantitative estimate of drug-likeness (QED) is 0.749. The second-order valence-electron chi connectivity index (χ2n) is 5.56. The van der Waals surface area contributed by atoms with Crippen molar-refractivity contribution in [3.63, 3.8) is 0 Å². The van der Waals surface area contributed by atoms with Gasteiger partial charge in [0.1, 0.15) is 11.3 Å². The van der Waals surface area contributed by atoms with Crippen LogP contribution in [0.1, 0.15) is 62.4 Å². The summed E-state index contributed by atoms with van der Waals surface area (Å²) in [4.78, 5) is 11.2. The zero-order valence-corrected chi connectivity index (χ0v) is 12.3. The molecule has 0 aliphatic rings. The van der Waals surface area contributed by atoms with Gasteiger partial charge in [0.15, 0.2) is 0 Å². The smallest absolute Gasteiger partial charge is 0.339 e. The van der Waals surface area contributed by atoms with E-state index in [-0.39, 0.29) is 11.0 Å². The van der Waals surface area contributed by atoms with Crippen molar-refractivity contribution in [1.82, 2.24) is 0 Å². The summed E-state index contributed by atoms with van der Waals surface area (Å²) in [6.45, 7) is 6.51.